The first-order valence-corrected chi connectivity index (χ1v) is 9.42. The minimum absolute atomic E-state index is 0. The maximum atomic E-state index is 4.70. The van der Waals surface area contributed by atoms with Crippen molar-refractivity contribution in [3.63, 3.8) is 0 Å². The highest BCUT2D eigenvalue weighted by atomic mass is 127. The molecule has 0 aromatic carbocycles. The van der Waals surface area contributed by atoms with Crippen LogP contribution in [-0.4, -0.2) is 50.1 Å². The summed E-state index contributed by atoms with van der Waals surface area (Å²) in [6.07, 6.45) is 6.57. The van der Waals surface area contributed by atoms with Crippen molar-refractivity contribution in [3.05, 3.63) is 22.4 Å². The third-order valence-corrected chi connectivity index (χ3v) is 5.20. The largest absolute Gasteiger partial charge is 0.357 e. The molecule has 132 valence electrons. The molecule has 2 rings (SSSR count). The van der Waals surface area contributed by atoms with E-state index in [1.54, 1.807) is 0 Å². The number of hydrogen-bond donors (Lipinski definition) is 2. The summed E-state index contributed by atoms with van der Waals surface area (Å²) < 4.78 is 0. The lowest BCUT2D eigenvalue weighted by atomic mass is 10.2. The predicted octanol–water partition coefficient (Wildman–Crippen LogP) is 3.34. The van der Waals surface area contributed by atoms with Gasteiger partial charge in [-0.1, -0.05) is 18.9 Å². The zero-order valence-electron chi connectivity index (χ0n) is 14.4. The molecule has 2 N–H and O–H groups in total. The molecule has 1 aromatic heterocycles. The Hall–Kier alpha value is -0.340. The van der Waals surface area contributed by atoms with E-state index >= 15 is 0 Å². The Balaban J connectivity index is 0.00000264. The van der Waals surface area contributed by atoms with Crippen LogP contribution in [0.25, 0.3) is 0 Å². The maximum absolute atomic E-state index is 4.70. The number of nitrogens with zero attached hydrogens (tertiary/aromatic N) is 2. The van der Waals surface area contributed by atoms with Gasteiger partial charge in [0.05, 0.1) is 6.54 Å². The Morgan fingerprint density at radius 2 is 2.13 bits per heavy atom. The van der Waals surface area contributed by atoms with Gasteiger partial charge < -0.3 is 15.5 Å². The van der Waals surface area contributed by atoms with E-state index in [-0.39, 0.29) is 24.0 Å². The van der Waals surface area contributed by atoms with Gasteiger partial charge >= 0.3 is 0 Å². The summed E-state index contributed by atoms with van der Waals surface area (Å²) in [6, 6.07) is 5.08. The highest BCUT2D eigenvalue weighted by molar-refractivity contribution is 14.0. The van der Waals surface area contributed by atoms with E-state index in [2.05, 4.69) is 47.0 Å². The SMILES string of the molecule is CCNC(=NCCN(C)C1CCCC1)NCCc1cccs1.I. The third-order valence-electron chi connectivity index (χ3n) is 4.26. The summed E-state index contributed by atoms with van der Waals surface area (Å²) in [5.74, 6) is 0.943. The van der Waals surface area contributed by atoms with Crippen molar-refractivity contribution in [1.29, 1.82) is 0 Å². The summed E-state index contributed by atoms with van der Waals surface area (Å²) in [5.41, 5.74) is 0. The van der Waals surface area contributed by atoms with Crippen LogP contribution < -0.4 is 10.6 Å². The molecule has 1 aliphatic rings. The summed E-state index contributed by atoms with van der Waals surface area (Å²) >= 11 is 1.82. The highest BCUT2D eigenvalue weighted by Crippen LogP contribution is 2.21. The molecule has 1 fully saturated rings. The van der Waals surface area contributed by atoms with Gasteiger partial charge in [-0.25, -0.2) is 0 Å². The van der Waals surface area contributed by atoms with E-state index in [1.165, 1.54) is 30.6 Å². The van der Waals surface area contributed by atoms with E-state index in [0.29, 0.717) is 0 Å². The van der Waals surface area contributed by atoms with Gasteiger partial charge in [-0.15, -0.1) is 35.3 Å². The summed E-state index contributed by atoms with van der Waals surface area (Å²) in [5, 5.41) is 8.89. The lowest BCUT2D eigenvalue weighted by molar-refractivity contribution is 0.252. The molecule has 0 saturated heterocycles. The number of halogens is 1. The molecule has 1 saturated carbocycles. The summed E-state index contributed by atoms with van der Waals surface area (Å²) in [7, 11) is 2.24. The van der Waals surface area contributed by atoms with Crippen LogP contribution in [0.3, 0.4) is 0 Å². The molecule has 6 heteroatoms. The van der Waals surface area contributed by atoms with Crippen LogP contribution in [0.2, 0.25) is 0 Å². The van der Waals surface area contributed by atoms with Crippen LogP contribution in [-0.2, 0) is 6.42 Å². The number of thiophene rings is 1. The molecule has 0 bridgehead atoms. The normalized spacial score (nSPS) is 15.7. The zero-order chi connectivity index (χ0) is 15.6. The Morgan fingerprint density at radius 1 is 1.35 bits per heavy atom. The molecule has 23 heavy (non-hydrogen) atoms. The number of hydrogen-bond acceptors (Lipinski definition) is 3. The standard InChI is InChI=1S/C17H30N4S.HI/c1-3-18-17(19-11-10-16-9-6-14-22-16)20-12-13-21(2)15-7-4-5-8-15;/h6,9,14-15H,3-5,7-8,10-13H2,1-2H3,(H2,18,19,20);1H. The van der Waals surface area contributed by atoms with E-state index in [4.69, 9.17) is 4.99 Å². The zero-order valence-corrected chi connectivity index (χ0v) is 17.5. The van der Waals surface area contributed by atoms with Gasteiger partial charge in [0.15, 0.2) is 5.96 Å². The molecular formula is C17H31IN4S. The van der Waals surface area contributed by atoms with Gasteiger partial charge in [0, 0.05) is 30.6 Å². The number of aliphatic imine (C=N–C) groups is 1. The fourth-order valence-corrected chi connectivity index (χ4v) is 3.66. The molecule has 1 heterocycles. The minimum atomic E-state index is 0. The molecule has 0 amide bonds. The van der Waals surface area contributed by atoms with Crippen molar-refractivity contribution in [1.82, 2.24) is 15.5 Å². The fourth-order valence-electron chi connectivity index (χ4n) is 2.95. The van der Waals surface area contributed by atoms with Crippen molar-refractivity contribution >= 4 is 41.3 Å². The van der Waals surface area contributed by atoms with Crippen molar-refractivity contribution in [2.24, 2.45) is 4.99 Å². The Bertz CT molecular complexity index is 430. The molecule has 4 nitrogen and oxygen atoms in total. The Kier molecular flexibility index (Phi) is 10.9. The number of nitrogens with one attached hydrogen (secondary N) is 2. The average Bonchev–Trinajstić information content (AvgIpc) is 3.20. The predicted molar refractivity (Wildman–Crippen MR) is 112 cm³/mol. The van der Waals surface area contributed by atoms with Crippen molar-refractivity contribution < 1.29 is 0 Å². The second kappa shape index (κ2) is 12.1. The van der Waals surface area contributed by atoms with Crippen LogP contribution >= 0.6 is 35.3 Å². The van der Waals surface area contributed by atoms with Crippen LogP contribution in [0.15, 0.2) is 22.5 Å². The first kappa shape index (κ1) is 20.7. The Labute approximate surface area is 162 Å². The molecule has 1 aliphatic carbocycles. The number of rotatable bonds is 8. The Morgan fingerprint density at radius 3 is 2.78 bits per heavy atom. The van der Waals surface area contributed by atoms with E-state index in [0.717, 1.165) is 44.6 Å². The highest BCUT2D eigenvalue weighted by Gasteiger charge is 2.18. The van der Waals surface area contributed by atoms with E-state index in [9.17, 15) is 0 Å². The summed E-state index contributed by atoms with van der Waals surface area (Å²) in [4.78, 5) is 8.60. The fraction of sp³-hybridized carbons (Fsp3) is 0.706. The molecule has 1 aromatic rings. The molecule has 0 radical (unpaired) electrons. The smallest absolute Gasteiger partial charge is 0.191 e. The molecular weight excluding hydrogens is 419 g/mol. The number of likely N-dealkylation sites (N-methyl/N-ethyl adjacent to an activating group) is 1. The lowest BCUT2D eigenvalue weighted by Crippen LogP contribution is -2.39. The molecule has 0 spiro atoms. The van der Waals surface area contributed by atoms with Crippen LogP contribution in [0.5, 0.6) is 0 Å². The second-order valence-electron chi connectivity index (χ2n) is 5.94. The number of guanidine groups is 1. The van der Waals surface area contributed by atoms with Gasteiger partial charge in [-0.2, -0.15) is 0 Å². The first-order chi connectivity index (χ1) is 10.8. The van der Waals surface area contributed by atoms with Gasteiger partial charge in [-0.3, -0.25) is 4.99 Å². The van der Waals surface area contributed by atoms with Crippen LogP contribution in [0, 0.1) is 0 Å². The minimum Gasteiger partial charge on any atom is -0.357 e. The van der Waals surface area contributed by atoms with Crippen molar-refractivity contribution in [2.75, 3.05) is 33.2 Å². The van der Waals surface area contributed by atoms with Crippen molar-refractivity contribution in [2.45, 2.75) is 45.1 Å². The van der Waals surface area contributed by atoms with Crippen molar-refractivity contribution in [3.8, 4) is 0 Å². The maximum Gasteiger partial charge on any atom is 0.191 e. The second-order valence-corrected chi connectivity index (χ2v) is 6.97. The molecule has 0 atom stereocenters. The van der Waals surface area contributed by atoms with Crippen LogP contribution in [0.4, 0.5) is 0 Å². The average molecular weight is 450 g/mol. The lowest BCUT2D eigenvalue weighted by Gasteiger charge is -2.23. The third kappa shape index (κ3) is 7.85. The topological polar surface area (TPSA) is 39.7 Å². The van der Waals surface area contributed by atoms with Gasteiger partial charge in [0.25, 0.3) is 0 Å². The van der Waals surface area contributed by atoms with Gasteiger partial charge in [0.2, 0.25) is 0 Å². The monoisotopic (exact) mass is 450 g/mol. The summed E-state index contributed by atoms with van der Waals surface area (Å²) in [6.45, 7) is 5.86. The van der Waals surface area contributed by atoms with Gasteiger partial charge in [0.1, 0.15) is 0 Å². The quantitative estimate of drug-likeness (QED) is 0.363. The van der Waals surface area contributed by atoms with E-state index in [1.807, 2.05) is 11.3 Å². The van der Waals surface area contributed by atoms with Crippen LogP contribution in [0.1, 0.15) is 37.5 Å². The van der Waals surface area contributed by atoms with Gasteiger partial charge in [-0.05, 0) is 44.7 Å². The van der Waals surface area contributed by atoms with E-state index < -0.39 is 0 Å². The molecule has 0 aliphatic heterocycles. The first-order valence-electron chi connectivity index (χ1n) is 8.54. The molecule has 0 unspecified atom stereocenters.